The third-order valence-corrected chi connectivity index (χ3v) is 3.68. The second-order valence-corrected chi connectivity index (χ2v) is 4.99. The lowest BCUT2D eigenvalue weighted by molar-refractivity contribution is 0.0845. The second-order valence-electron chi connectivity index (χ2n) is 4.99. The van der Waals surface area contributed by atoms with Gasteiger partial charge in [-0.3, -0.25) is 9.69 Å². The van der Waals surface area contributed by atoms with Crippen molar-refractivity contribution in [3.63, 3.8) is 0 Å². The lowest BCUT2D eigenvalue weighted by Gasteiger charge is -2.34. The highest BCUT2D eigenvalue weighted by molar-refractivity contribution is 5.95. The van der Waals surface area contributed by atoms with Crippen molar-refractivity contribution in [2.75, 3.05) is 19.6 Å². The number of hydrogen-bond donors (Lipinski definition) is 1. The van der Waals surface area contributed by atoms with E-state index < -0.39 is 0 Å². The van der Waals surface area contributed by atoms with E-state index in [0.29, 0.717) is 12.5 Å². The van der Waals surface area contributed by atoms with Crippen LogP contribution in [0, 0.1) is 11.8 Å². The maximum absolute atomic E-state index is 11.9. The zero-order valence-corrected chi connectivity index (χ0v) is 10.1. The average Bonchev–Trinajstić information content (AvgIpc) is 2.77. The molecular formula is C13H20N2O. The predicted molar refractivity (Wildman–Crippen MR) is 64.5 cm³/mol. The molecule has 1 aliphatic heterocycles. The SMILES string of the molecule is CC1CCN(CC(=O)c2ccc[nH]2)CC1C. The van der Waals surface area contributed by atoms with Gasteiger partial charge in [-0.15, -0.1) is 0 Å². The van der Waals surface area contributed by atoms with E-state index in [1.54, 1.807) is 6.20 Å². The Balaban J connectivity index is 1.89. The number of likely N-dealkylation sites (tertiary alicyclic amines) is 1. The van der Waals surface area contributed by atoms with E-state index in [-0.39, 0.29) is 5.78 Å². The molecule has 1 aromatic rings. The van der Waals surface area contributed by atoms with Crippen molar-refractivity contribution in [3.05, 3.63) is 24.0 Å². The Morgan fingerprint density at radius 1 is 1.50 bits per heavy atom. The van der Waals surface area contributed by atoms with Crippen LogP contribution in [-0.2, 0) is 0 Å². The van der Waals surface area contributed by atoms with Gasteiger partial charge in [-0.05, 0) is 36.9 Å². The summed E-state index contributed by atoms with van der Waals surface area (Å²) in [4.78, 5) is 17.1. The molecule has 1 aliphatic rings. The molecule has 0 saturated carbocycles. The molecule has 3 heteroatoms. The van der Waals surface area contributed by atoms with Crippen LogP contribution in [0.1, 0.15) is 30.8 Å². The fourth-order valence-corrected chi connectivity index (χ4v) is 2.28. The van der Waals surface area contributed by atoms with Crippen molar-refractivity contribution in [2.45, 2.75) is 20.3 Å². The highest BCUT2D eigenvalue weighted by atomic mass is 16.1. The monoisotopic (exact) mass is 220 g/mol. The summed E-state index contributed by atoms with van der Waals surface area (Å²) >= 11 is 0. The first-order chi connectivity index (χ1) is 7.66. The fraction of sp³-hybridized carbons (Fsp3) is 0.615. The van der Waals surface area contributed by atoms with Crippen LogP contribution in [0.5, 0.6) is 0 Å². The molecule has 0 radical (unpaired) electrons. The van der Waals surface area contributed by atoms with Crippen molar-refractivity contribution >= 4 is 5.78 Å². The van der Waals surface area contributed by atoms with Crippen LogP contribution in [0.25, 0.3) is 0 Å². The van der Waals surface area contributed by atoms with Gasteiger partial charge in [0.25, 0.3) is 0 Å². The molecule has 0 aliphatic carbocycles. The van der Waals surface area contributed by atoms with Gasteiger partial charge >= 0.3 is 0 Å². The van der Waals surface area contributed by atoms with E-state index in [1.165, 1.54) is 6.42 Å². The third kappa shape index (κ3) is 2.53. The first-order valence-corrected chi connectivity index (χ1v) is 6.05. The number of carbonyl (C=O) groups excluding carboxylic acids is 1. The topological polar surface area (TPSA) is 36.1 Å². The molecule has 1 aromatic heterocycles. The van der Waals surface area contributed by atoms with Gasteiger partial charge in [0.1, 0.15) is 0 Å². The van der Waals surface area contributed by atoms with Crippen LogP contribution in [0.2, 0.25) is 0 Å². The molecule has 1 saturated heterocycles. The van der Waals surface area contributed by atoms with Gasteiger partial charge < -0.3 is 4.98 Å². The summed E-state index contributed by atoms with van der Waals surface area (Å²) in [5.74, 6) is 1.69. The van der Waals surface area contributed by atoms with Crippen LogP contribution in [-0.4, -0.2) is 35.3 Å². The van der Waals surface area contributed by atoms with E-state index >= 15 is 0 Å². The number of nitrogens with zero attached hydrogens (tertiary/aromatic N) is 1. The summed E-state index contributed by atoms with van der Waals surface area (Å²) in [5, 5.41) is 0. The number of carbonyl (C=O) groups is 1. The molecule has 0 amide bonds. The molecule has 2 rings (SSSR count). The summed E-state index contributed by atoms with van der Waals surface area (Å²) in [6.45, 7) is 7.23. The van der Waals surface area contributed by atoms with Gasteiger partial charge in [-0.25, -0.2) is 0 Å². The van der Waals surface area contributed by atoms with Gasteiger partial charge in [0.15, 0.2) is 5.78 Å². The Kier molecular flexibility index (Phi) is 3.44. The van der Waals surface area contributed by atoms with Crippen LogP contribution < -0.4 is 0 Å². The van der Waals surface area contributed by atoms with Crippen molar-refractivity contribution in [1.82, 2.24) is 9.88 Å². The average molecular weight is 220 g/mol. The highest BCUT2D eigenvalue weighted by Crippen LogP contribution is 2.22. The summed E-state index contributed by atoms with van der Waals surface area (Å²) in [6.07, 6.45) is 3.01. The van der Waals surface area contributed by atoms with Crippen LogP contribution in [0.15, 0.2) is 18.3 Å². The van der Waals surface area contributed by atoms with Crippen molar-refractivity contribution in [2.24, 2.45) is 11.8 Å². The highest BCUT2D eigenvalue weighted by Gasteiger charge is 2.24. The lowest BCUT2D eigenvalue weighted by atomic mass is 9.88. The number of H-pyrrole nitrogens is 1. The summed E-state index contributed by atoms with van der Waals surface area (Å²) in [6, 6.07) is 3.71. The van der Waals surface area contributed by atoms with E-state index in [9.17, 15) is 4.79 Å². The molecule has 88 valence electrons. The van der Waals surface area contributed by atoms with Crippen molar-refractivity contribution in [1.29, 1.82) is 0 Å². The molecule has 0 bridgehead atoms. The zero-order valence-electron chi connectivity index (χ0n) is 10.1. The van der Waals surface area contributed by atoms with E-state index in [0.717, 1.165) is 24.7 Å². The number of ketones is 1. The van der Waals surface area contributed by atoms with Gasteiger partial charge in [-0.1, -0.05) is 13.8 Å². The number of aromatic nitrogens is 1. The standard InChI is InChI=1S/C13H20N2O/c1-10-5-7-15(8-11(10)2)9-13(16)12-4-3-6-14-12/h3-4,6,10-11,14H,5,7-9H2,1-2H3. The van der Waals surface area contributed by atoms with Gasteiger partial charge in [0.05, 0.1) is 12.2 Å². The van der Waals surface area contributed by atoms with E-state index in [4.69, 9.17) is 0 Å². The first kappa shape index (κ1) is 11.4. The van der Waals surface area contributed by atoms with Gasteiger partial charge in [-0.2, -0.15) is 0 Å². The number of piperidine rings is 1. The van der Waals surface area contributed by atoms with Crippen LogP contribution >= 0.6 is 0 Å². The largest absolute Gasteiger partial charge is 0.359 e. The minimum Gasteiger partial charge on any atom is -0.359 e. The number of rotatable bonds is 3. The number of Topliss-reactive ketones (excluding diaryl/α,β-unsaturated/α-hetero) is 1. The molecule has 2 heterocycles. The Labute approximate surface area is 96.8 Å². The molecule has 3 nitrogen and oxygen atoms in total. The minimum absolute atomic E-state index is 0.201. The van der Waals surface area contributed by atoms with Gasteiger partial charge in [0.2, 0.25) is 0 Å². The molecule has 0 spiro atoms. The molecule has 1 fully saturated rings. The van der Waals surface area contributed by atoms with Crippen LogP contribution in [0.4, 0.5) is 0 Å². The summed E-state index contributed by atoms with van der Waals surface area (Å²) < 4.78 is 0. The third-order valence-electron chi connectivity index (χ3n) is 3.68. The molecule has 2 unspecified atom stereocenters. The number of nitrogens with one attached hydrogen (secondary N) is 1. The Morgan fingerprint density at radius 2 is 2.31 bits per heavy atom. The maximum atomic E-state index is 11.9. The summed E-state index contributed by atoms with van der Waals surface area (Å²) in [5.41, 5.74) is 0.728. The van der Waals surface area contributed by atoms with Gasteiger partial charge in [0, 0.05) is 12.7 Å². The smallest absolute Gasteiger partial charge is 0.192 e. The molecule has 2 atom stereocenters. The predicted octanol–water partition coefficient (Wildman–Crippen LogP) is 2.18. The Bertz CT molecular complexity index is 345. The lowest BCUT2D eigenvalue weighted by Crippen LogP contribution is -2.41. The molecule has 16 heavy (non-hydrogen) atoms. The Morgan fingerprint density at radius 3 is 2.94 bits per heavy atom. The normalized spacial score (nSPS) is 26.9. The molecular weight excluding hydrogens is 200 g/mol. The molecule has 1 N–H and O–H groups in total. The first-order valence-electron chi connectivity index (χ1n) is 6.05. The molecule has 0 aromatic carbocycles. The Hall–Kier alpha value is -1.09. The number of aromatic amines is 1. The second kappa shape index (κ2) is 4.83. The summed E-state index contributed by atoms with van der Waals surface area (Å²) in [7, 11) is 0. The van der Waals surface area contributed by atoms with Crippen molar-refractivity contribution < 1.29 is 4.79 Å². The fourth-order valence-electron chi connectivity index (χ4n) is 2.28. The quantitative estimate of drug-likeness (QED) is 0.792. The minimum atomic E-state index is 0.201. The van der Waals surface area contributed by atoms with E-state index in [1.807, 2.05) is 12.1 Å². The van der Waals surface area contributed by atoms with E-state index in [2.05, 4.69) is 23.7 Å². The zero-order chi connectivity index (χ0) is 11.5. The number of hydrogen-bond acceptors (Lipinski definition) is 2. The van der Waals surface area contributed by atoms with Crippen molar-refractivity contribution in [3.8, 4) is 0 Å². The maximum Gasteiger partial charge on any atom is 0.192 e. The van der Waals surface area contributed by atoms with Crippen LogP contribution in [0.3, 0.4) is 0 Å².